The topological polar surface area (TPSA) is 214 Å². The summed E-state index contributed by atoms with van der Waals surface area (Å²) in [5, 5.41) is 24.3. The van der Waals surface area contributed by atoms with Crippen molar-refractivity contribution in [2.75, 3.05) is 19.6 Å². The monoisotopic (exact) mass is 389 g/mol. The molecule has 27 heavy (non-hydrogen) atoms. The first-order chi connectivity index (χ1) is 12.7. The van der Waals surface area contributed by atoms with Gasteiger partial charge in [0.2, 0.25) is 17.7 Å². The Morgan fingerprint density at radius 2 is 1.52 bits per heavy atom. The van der Waals surface area contributed by atoms with Gasteiger partial charge < -0.3 is 37.6 Å². The van der Waals surface area contributed by atoms with Crippen molar-refractivity contribution in [1.82, 2.24) is 16.0 Å². The molecule has 0 radical (unpaired) electrons. The van der Waals surface area contributed by atoms with Gasteiger partial charge in [-0.2, -0.15) is 0 Å². The highest BCUT2D eigenvalue weighted by Gasteiger charge is 2.20. The maximum absolute atomic E-state index is 11.7. The molecule has 0 rings (SSSR count). The van der Waals surface area contributed by atoms with Crippen molar-refractivity contribution in [3.63, 3.8) is 0 Å². The van der Waals surface area contributed by atoms with Crippen LogP contribution in [0.4, 0.5) is 0 Å². The minimum absolute atomic E-state index is 0.0775. The van der Waals surface area contributed by atoms with E-state index in [-0.39, 0.29) is 19.3 Å². The highest BCUT2D eigenvalue weighted by molar-refractivity contribution is 5.90. The Kier molecular flexibility index (Phi) is 12.1. The zero-order valence-electron chi connectivity index (χ0n) is 14.9. The molecule has 0 spiro atoms. The van der Waals surface area contributed by atoms with E-state index in [1.807, 2.05) is 0 Å². The molecule has 0 aromatic heterocycles. The van der Waals surface area contributed by atoms with Crippen molar-refractivity contribution >= 4 is 29.7 Å². The summed E-state index contributed by atoms with van der Waals surface area (Å²) in [7, 11) is 0. The third-order valence-corrected chi connectivity index (χ3v) is 3.46. The number of amides is 3. The van der Waals surface area contributed by atoms with Gasteiger partial charge in [-0.1, -0.05) is 0 Å². The number of nitrogens with one attached hydrogen (secondary N) is 3. The lowest BCUT2D eigenvalue weighted by Gasteiger charge is -2.15. The summed E-state index contributed by atoms with van der Waals surface area (Å²) < 4.78 is 0. The standard InChI is InChI=1S/C15H27N5O7/c16-6-2-1-3-10(15(26)27)20-12(22)8-18-11(21)7-19-14(25)9(17)4-5-13(23)24/h9-10H,1-8,16-17H2,(H,18,21)(H,19,25)(H,20,22)(H,23,24)(H,26,27). The Morgan fingerprint density at radius 1 is 0.889 bits per heavy atom. The molecule has 0 bridgehead atoms. The zero-order valence-corrected chi connectivity index (χ0v) is 14.9. The van der Waals surface area contributed by atoms with E-state index in [0.29, 0.717) is 19.4 Å². The molecular formula is C15H27N5O7. The molecule has 0 saturated heterocycles. The molecule has 0 saturated carbocycles. The summed E-state index contributed by atoms with van der Waals surface area (Å²) in [5.41, 5.74) is 10.8. The first-order valence-electron chi connectivity index (χ1n) is 8.41. The van der Waals surface area contributed by atoms with E-state index in [1.165, 1.54) is 0 Å². The van der Waals surface area contributed by atoms with Crippen LogP contribution in [0.3, 0.4) is 0 Å². The fraction of sp³-hybridized carbons (Fsp3) is 0.667. The molecule has 0 aromatic rings. The smallest absolute Gasteiger partial charge is 0.326 e. The summed E-state index contributed by atoms with van der Waals surface area (Å²) in [6.07, 6.45) is 1.03. The second-order valence-electron chi connectivity index (χ2n) is 5.78. The summed E-state index contributed by atoms with van der Waals surface area (Å²) in [6.45, 7) is -0.492. The lowest BCUT2D eigenvalue weighted by molar-refractivity contribution is -0.142. The van der Waals surface area contributed by atoms with Crippen molar-refractivity contribution in [2.24, 2.45) is 11.5 Å². The van der Waals surface area contributed by atoms with Crippen LogP contribution in [0.2, 0.25) is 0 Å². The molecular weight excluding hydrogens is 362 g/mol. The molecule has 0 heterocycles. The Balaban J connectivity index is 4.14. The van der Waals surface area contributed by atoms with Gasteiger partial charge in [-0.15, -0.1) is 0 Å². The van der Waals surface area contributed by atoms with Crippen LogP contribution in [0.25, 0.3) is 0 Å². The van der Waals surface area contributed by atoms with E-state index < -0.39 is 54.8 Å². The maximum atomic E-state index is 11.7. The molecule has 154 valence electrons. The molecule has 0 aliphatic heterocycles. The van der Waals surface area contributed by atoms with E-state index in [4.69, 9.17) is 21.7 Å². The number of aliphatic carboxylic acids is 2. The van der Waals surface area contributed by atoms with Gasteiger partial charge in [-0.3, -0.25) is 19.2 Å². The van der Waals surface area contributed by atoms with Gasteiger partial charge in [0.15, 0.2) is 0 Å². The van der Waals surface area contributed by atoms with E-state index in [2.05, 4.69) is 16.0 Å². The number of nitrogens with two attached hydrogens (primary N) is 2. The maximum Gasteiger partial charge on any atom is 0.326 e. The second kappa shape index (κ2) is 13.5. The minimum atomic E-state index is -1.19. The van der Waals surface area contributed by atoms with Crippen LogP contribution in [-0.4, -0.2) is 71.6 Å². The third-order valence-electron chi connectivity index (χ3n) is 3.46. The first kappa shape index (κ1) is 24.3. The van der Waals surface area contributed by atoms with Crippen molar-refractivity contribution in [2.45, 2.75) is 44.2 Å². The molecule has 12 heteroatoms. The van der Waals surface area contributed by atoms with Gasteiger partial charge in [-0.25, -0.2) is 4.79 Å². The van der Waals surface area contributed by atoms with Crippen molar-refractivity contribution in [1.29, 1.82) is 0 Å². The van der Waals surface area contributed by atoms with E-state index in [0.717, 1.165) is 0 Å². The van der Waals surface area contributed by atoms with Crippen LogP contribution >= 0.6 is 0 Å². The summed E-state index contributed by atoms with van der Waals surface area (Å²) in [4.78, 5) is 56.4. The minimum Gasteiger partial charge on any atom is -0.481 e. The summed E-state index contributed by atoms with van der Waals surface area (Å²) in [6, 6.07) is -2.14. The first-order valence-corrected chi connectivity index (χ1v) is 8.41. The predicted octanol–water partition coefficient (Wildman–Crippen LogP) is -2.89. The van der Waals surface area contributed by atoms with Crippen molar-refractivity contribution < 1.29 is 34.2 Å². The Hall–Kier alpha value is -2.73. The molecule has 0 aromatic carbocycles. The SMILES string of the molecule is NCCCCC(NC(=O)CNC(=O)CNC(=O)C(N)CCC(=O)O)C(=O)O. The van der Waals surface area contributed by atoms with Gasteiger partial charge in [0.05, 0.1) is 19.1 Å². The normalized spacial score (nSPS) is 12.5. The number of hydrogen-bond donors (Lipinski definition) is 7. The Labute approximate surface area is 156 Å². The van der Waals surface area contributed by atoms with Crippen LogP contribution < -0.4 is 27.4 Å². The number of carboxylic acids is 2. The van der Waals surface area contributed by atoms with Crippen molar-refractivity contribution in [3.05, 3.63) is 0 Å². The zero-order chi connectivity index (χ0) is 20.8. The molecule has 0 aliphatic carbocycles. The van der Waals surface area contributed by atoms with Crippen LogP contribution in [0, 0.1) is 0 Å². The molecule has 2 unspecified atom stereocenters. The van der Waals surface area contributed by atoms with Gasteiger partial charge in [0, 0.05) is 6.42 Å². The van der Waals surface area contributed by atoms with E-state index in [9.17, 15) is 24.0 Å². The second-order valence-corrected chi connectivity index (χ2v) is 5.78. The fourth-order valence-corrected chi connectivity index (χ4v) is 1.95. The highest BCUT2D eigenvalue weighted by Crippen LogP contribution is 2.00. The summed E-state index contributed by atoms with van der Waals surface area (Å²) in [5.74, 6) is -4.34. The lowest BCUT2D eigenvalue weighted by atomic mass is 10.1. The number of rotatable bonds is 14. The van der Waals surface area contributed by atoms with E-state index >= 15 is 0 Å². The number of unbranched alkanes of at least 4 members (excludes halogenated alkanes) is 1. The molecule has 2 atom stereocenters. The van der Waals surface area contributed by atoms with E-state index in [1.54, 1.807) is 0 Å². The van der Waals surface area contributed by atoms with Gasteiger partial charge in [0.25, 0.3) is 0 Å². The number of carbonyl (C=O) groups excluding carboxylic acids is 3. The highest BCUT2D eigenvalue weighted by atomic mass is 16.4. The molecule has 3 amide bonds. The number of carboxylic acid groups (broad SMARTS) is 2. The predicted molar refractivity (Wildman–Crippen MR) is 93.3 cm³/mol. The third kappa shape index (κ3) is 12.3. The van der Waals surface area contributed by atoms with Gasteiger partial charge >= 0.3 is 11.9 Å². The molecule has 9 N–H and O–H groups in total. The average molecular weight is 389 g/mol. The quantitative estimate of drug-likeness (QED) is 0.152. The lowest BCUT2D eigenvalue weighted by Crippen LogP contribution is -2.48. The van der Waals surface area contributed by atoms with Crippen LogP contribution in [0.5, 0.6) is 0 Å². The molecule has 12 nitrogen and oxygen atoms in total. The van der Waals surface area contributed by atoms with Crippen LogP contribution in [0.1, 0.15) is 32.1 Å². The van der Waals surface area contributed by atoms with Crippen LogP contribution in [-0.2, 0) is 24.0 Å². The fourth-order valence-electron chi connectivity index (χ4n) is 1.95. The Bertz CT molecular complexity index is 541. The number of carbonyl (C=O) groups is 5. The summed E-state index contributed by atoms with van der Waals surface area (Å²) >= 11 is 0. The average Bonchev–Trinajstić information content (AvgIpc) is 2.61. The Morgan fingerprint density at radius 3 is 2.07 bits per heavy atom. The van der Waals surface area contributed by atoms with Crippen LogP contribution in [0.15, 0.2) is 0 Å². The van der Waals surface area contributed by atoms with Crippen molar-refractivity contribution in [3.8, 4) is 0 Å². The van der Waals surface area contributed by atoms with Gasteiger partial charge in [0.1, 0.15) is 6.04 Å². The number of hydrogen-bond acceptors (Lipinski definition) is 7. The largest absolute Gasteiger partial charge is 0.481 e. The molecule has 0 aliphatic rings. The van der Waals surface area contributed by atoms with Gasteiger partial charge in [-0.05, 0) is 32.2 Å². The molecule has 0 fully saturated rings.